The maximum atomic E-state index is 6.18. The highest BCUT2D eigenvalue weighted by molar-refractivity contribution is 5.30. The lowest BCUT2D eigenvalue weighted by Gasteiger charge is -2.10. The summed E-state index contributed by atoms with van der Waals surface area (Å²) >= 11 is 0. The summed E-state index contributed by atoms with van der Waals surface area (Å²) in [6.45, 7) is 6.35. The summed E-state index contributed by atoms with van der Waals surface area (Å²) in [6.07, 6.45) is 1.03. The molecule has 66 valence electrons. The molecule has 3 N–H and O–H groups in total. The van der Waals surface area contributed by atoms with E-state index in [9.17, 15) is 0 Å². The minimum Gasteiger partial charge on any atom is -0.320 e. The Kier molecular flexibility index (Phi) is 1.24. The van der Waals surface area contributed by atoms with Gasteiger partial charge in [0.2, 0.25) is 0 Å². The SMILES string of the molecule is Cc1cc(C2(N)CC2(C)C)n[nH]1. The second kappa shape index (κ2) is 1.91. The van der Waals surface area contributed by atoms with Gasteiger partial charge in [-0.05, 0) is 24.8 Å². The Morgan fingerprint density at radius 3 is 2.50 bits per heavy atom. The van der Waals surface area contributed by atoms with Crippen molar-refractivity contribution in [2.75, 3.05) is 0 Å². The van der Waals surface area contributed by atoms with Gasteiger partial charge in [-0.25, -0.2) is 0 Å². The molecule has 1 aromatic heterocycles. The highest BCUT2D eigenvalue weighted by Gasteiger charge is 2.60. The molecule has 1 heterocycles. The predicted molar refractivity (Wildman–Crippen MR) is 47.6 cm³/mol. The van der Waals surface area contributed by atoms with Crippen LogP contribution in [0.3, 0.4) is 0 Å². The third-order valence-corrected chi connectivity index (χ3v) is 2.97. The lowest BCUT2D eigenvalue weighted by molar-refractivity contribution is 0.499. The molecule has 0 saturated heterocycles. The van der Waals surface area contributed by atoms with Crippen LogP contribution in [0.2, 0.25) is 0 Å². The van der Waals surface area contributed by atoms with Gasteiger partial charge in [0.25, 0.3) is 0 Å². The van der Waals surface area contributed by atoms with E-state index in [1.807, 2.05) is 13.0 Å². The number of hydrogen-bond acceptors (Lipinski definition) is 2. The molecule has 0 spiro atoms. The highest BCUT2D eigenvalue weighted by Crippen LogP contribution is 2.59. The van der Waals surface area contributed by atoms with Crippen molar-refractivity contribution in [3.05, 3.63) is 17.5 Å². The van der Waals surface area contributed by atoms with Crippen molar-refractivity contribution < 1.29 is 0 Å². The molecule has 2 rings (SSSR count). The van der Waals surface area contributed by atoms with Gasteiger partial charge in [0.15, 0.2) is 0 Å². The normalized spacial score (nSPS) is 32.0. The topological polar surface area (TPSA) is 54.7 Å². The molecule has 1 atom stereocenters. The first-order valence-electron chi connectivity index (χ1n) is 4.27. The van der Waals surface area contributed by atoms with E-state index >= 15 is 0 Å². The number of nitrogens with two attached hydrogens (primary N) is 1. The van der Waals surface area contributed by atoms with Gasteiger partial charge in [-0.1, -0.05) is 13.8 Å². The number of nitrogens with one attached hydrogen (secondary N) is 1. The van der Waals surface area contributed by atoms with Gasteiger partial charge in [0.1, 0.15) is 0 Å². The number of rotatable bonds is 1. The van der Waals surface area contributed by atoms with E-state index in [2.05, 4.69) is 24.0 Å². The van der Waals surface area contributed by atoms with E-state index < -0.39 is 0 Å². The lowest BCUT2D eigenvalue weighted by Crippen LogP contribution is -2.25. The van der Waals surface area contributed by atoms with E-state index in [0.29, 0.717) is 0 Å². The van der Waals surface area contributed by atoms with Crippen LogP contribution in [0.5, 0.6) is 0 Å². The molecule has 12 heavy (non-hydrogen) atoms. The number of aromatic amines is 1. The molecule has 0 radical (unpaired) electrons. The summed E-state index contributed by atoms with van der Waals surface area (Å²) in [7, 11) is 0. The highest BCUT2D eigenvalue weighted by atomic mass is 15.1. The van der Waals surface area contributed by atoms with Crippen LogP contribution in [0.15, 0.2) is 6.07 Å². The summed E-state index contributed by atoms with van der Waals surface area (Å²) in [5, 5.41) is 7.12. The zero-order chi connectivity index (χ0) is 8.98. The van der Waals surface area contributed by atoms with Crippen LogP contribution >= 0.6 is 0 Å². The number of aromatic nitrogens is 2. The van der Waals surface area contributed by atoms with Crippen LogP contribution in [0.4, 0.5) is 0 Å². The molecule has 0 aromatic carbocycles. The molecular weight excluding hydrogens is 150 g/mol. The molecule has 1 aliphatic carbocycles. The first-order chi connectivity index (χ1) is 5.46. The maximum Gasteiger partial charge on any atom is 0.0829 e. The summed E-state index contributed by atoms with van der Waals surface area (Å²) in [4.78, 5) is 0. The van der Waals surface area contributed by atoms with Crippen LogP contribution in [0, 0.1) is 12.3 Å². The molecule has 3 nitrogen and oxygen atoms in total. The van der Waals surface area contributed by atoms with Crippen molar-refractivity contribution >= 4 is 0 Å². The summed E-state index contributed by atoms with van der Waals surface area (Å²) in [5.74, 6) is 0. The number of nitrogens with zero attached hydrogens (tertiary/aromatic N) is 1. The van der Waals surface area contributed by atoms with Crippen LogP contribution in [-0.2, 0) is 5.54 Å². The average molecular weight is 165 g/mol. The molecule has 1 fully saturated rings. The van der Waals surface area contributed by atoms with Gasteiger partial charge in [0.05, 0.1) is 11.2 Å². The van der Waals surface area contributed by atoms with E-state index in [1.54, 1.807) is 0 Å². The van der Waals surface area contributed by atoms with Crippen molar-refractivity contribution in [2.45, 2.75) is 32.7 Å². The van der Waals surface area contributed by atoms with Crippen LogP contribution in [-0.4, -0.2) is 10.2 Å². The smallest absolute Gasteiger partial charge is 0.0829 e. The minimum absolute atomic E-state index is 0.183. The minimum atomic E-state index is -0.183. The molecule has 0 aliphatic heterocycles. The lowest BCUT2D eigenvalue weighted by atomic mass is 10.0. The van der Waals surface area contributed by atoms with Gasteiger partial charge < -0.3 is 5.73 Å². The van der Waals surface area contributed by atoms with Crippen molar-refractivity contribution in [3.63, 3.8) is 0 Å². The van der Waals surface area contributed by atoms with Crippen molar-refractivity contribution in [1.29, 1.82) is 0 Å². The van der Waals surface area contributed by atoms with Crippen LogP contribution in [0.1, 0.15) is 31.7 Å². The molecule has 1 saturated carbocycles. The summed E-state index contributed by atoms with van der Waals surface area (Å²) in [6, 6.07) is 2.04. The number of aryl methyl sites for hydroxylation is 1. The molecule has 0 amide bonds. The largest absolute Gasteiger partial charge is 0.320 e. The van der Waals surface area contributed by atoms with Crippen molar-refractivity contribution in [3.8, 4) is 0 Å². The summed E-state index contributed by atoms with van der Waals surface area (Å²) < 4.78 is 0. The fourth-order valence-corrected chi connectivity index (χ4v) is 1.74. The van der Waals surface area contributed by atoms with E-state index in [1.165, 1.54) is 0 Å². The second-order valence-electron chi connectivity index (χ2n) is 4.47. The van der Waals surface area contributed by atoms with Gasteiger partial charge in [-0.15, -0.1) is 0 Å². The Balaban J connectivity index is 2.34. The maximum absolute atomic E-state index is 6.18. The fraction of sp³-hybridized carbons (Fsp3) is 0.667. The third kappa shape index (κ3) is 0.829. The molecule has 0 bridgehead atoms. The van der Waals surface area contributed by atoms with Gasteiger partial charge in [-0.3, -0.25) is 5.10 Å². The van der Waals surface area contributed by atoms with Gasteiger partial charge in [0, 0.05) is 5.69 Å². The zero-order valence-electron chi connectivity index (χ0n) is 7.81. The predicted octanol–water partition coefficient (Wildman–Crippen LogP) is 1.30. The van der Waals surface area contributed by atoms with E-state index in [4.69, 9.17) is 5.73 Å². The fourth-order valence-electron chi connectivity index (χ4n) is 1.74. The monoisotopic (exact) mass is 165 g/mol. The quantitative estimate of drug-likeness (QED) is 0.659. The Morgan fingerprint density at radius 2 is 2.17 bits per heavy atom. The number of hydrogen-bond donors (Lipinski definition) is 2. The van der Waals surface area contributed by atoms with Crippen molar-refractivity contribution in [2.24, 2.45) is 11.1 Å². The molecule has 1 unspecified atom stereocenters. The standard InChI is InChI=1S/C9H15N3/c1-6-4-7(12-11-6)9(10)5-8(9,2)3/h4H,5,10H2,1-3H3,(H,11,12). The third-order valence-electron chi connectivity index (χ3n) is 2.97. The van der Waals surface area contributed by atoms with Crippen molar-refractivity contribution in [1.82, 2.24) is 10.2 Å². The average Bonchev–Trinajstić information content (AvgIpc) is 2.37. The molecule has 1 aliphatic rings. The molecular formula is C9H15N3. The van der Waals surface area contributed by atoms with E-state index in [-0.39, 0.29) is 11.0 Å². The van der Waals surface area contributed by atoms with E-state index in [0.717, 1.165) is 17.8 Å². The van der Waals surface area contributed by atoms with Crippen LogP contribution < -0.4 is 5.73 Å². The Labute approximate surface area is 72.4 Å². The summed E-state index contributed by atoms with van der Waals surface area (Å²) in [5.41, 5.74) is 8.30. The Hall–Kier alpha value is -0.830. The molecule has 1 aromatic rings. The van der Waals surface area contributed by atoms with Gasteiger partial charge >= 0.3 is 0 Å². The first-order valence-corrected chi connectivity index (χ1v) is 4.27. The Morgan fingerprint density at radius 1 is 1.58 bits per heavy atom. The first kappa shape index (κ1) is 7.80. The molecule has 3 heteroatoms. The number of H-pyrrole nitrogens is 1. The zero-order valence-corrected chi connectivity index (χ0v) is 7.81. The van der Waals surface area contributed by atoms with Crippen LogP contribution in [0.25, 0.3) is 0 Å². The van der Waals surface area contributed by atoms with Gasteiger partial charge in [-0.2, -0.15) is 5.10 Å². The second-order valence-corrected chi connectivity index (χ2v) is 4.47. The Bertz CT molecular complexity index is 313.